The summed E-state index contributed by atoms with van der Waals surface area (Å²) in [7, 11) is -1.80. The van der Waals surface area contributed by atoms with Gasteiger partial charge in [0.1, 0.15) is 5.76 Å². The third-order valence-corrected chi connectivity index (χ3v) is 7.21. The van der Waals surface area contributed by atoms with E-state index in [9.17, 15) is 8.42 Å². The Kier molecular flexibility index (Phi) is 5.27. The number of nitrogens with zero attached hydrogens (tertiary/aromatic N) is 4. The molecule has 0 unspecified atom stereocenters. The van der Waals surface area contributed by atoms with Gasteiger partial charge in [-0.25, -0.2) is 4.98 Å². The lowest BCUT2D eigenvalue weighted by Crippen LogP contribution is -2.48. The first kappa shape index (κ1) is 18.5. The standard InChI is InChI=1S/C18H24N4O4S/c1-25-13-14-4-8-21(9-5-14)27(23,24)22-10-6-17-16(12-22)20-18(26-17)15-3-2-7-19-11-15/h2-3,7,11,14H,4-6,8-10,12-13H2,1H3. The molecule has 27 heavy (non-hydrogen) atoms. The molecule has 0 radical (unpaired) electrons. The highest BCUT2D eigenvalue weighted by Crippen LogP contribution is 2.29. The molecule has 2 aromatic heterocycles. The maximum atomic E-state index is 13.0. The molecule has 0 saturated carbocycles. The monoisotopic (exact) mass is 392 g/mol. The van der Waals surface area contributed by atoms with E-state index in [1.807, 2.05) is 12.1 Å². The number of pyridine rings is 1. The number of hydrogen-bond donors (Lipinski definition) is 0. The van der Waals surface area contributed by atoms with Gasteiger partial charge in [-0.05, 0) is 30.9 Å². The number of piperidine rings is 1. The van der Waals surface area contributed by atoms with Crippen LogP contribution in [-0.4, -0.2) is 60.3 Å². The minimum atomic E-state index is -3.49. The fourth-order valence-corrected chi connectivity index (χ4v) is 5.30. The molecule has 0 N–H and O–H groups in total. The second-order valence-electron chi connectivity index (χ2n) is 7.02. The van der Waals surface area contributed by atoms with E-state index in [-0.39, 0.29) is 6.54 Å². The number of rotatable bonds is 5. The van der Waals surface area contributed by atoms with Gasteiger partial charge in [0, 0.05) is 52.2 Å². The molecule has 0 aliphatic carbocycles. The van der Waals surface area contributed by atoms with Gasteiger partial charge in [-0.3, -0.25) is 4.98 Å². The van der Waals surface area contributed by atoms with Crippen LogP contribution < -0.4 is 0 Å². The highest BCUT2D eigenvalue weighted by molar-refractivity contribution is 7.86. The van der Waals surface area contributed by atoms with Crippen LogP contribution in [0.4, 0.5) is 0 Å². The Bertz CT molecular complexity index is 876. The van der Waals surface area contributed by atoms with Crippen molar-refractivity contribution in [2.24, 2.45) is 5.92 Å². The number of ether oxygens (including phenoxy) is 1. The van der Waals surface area contributed by atoms with Crippen molar-refractivity contribution < 1.29 is 17.6 Å². The Morgan fingerprint density at radius 3 is 2.78 bits per heavy atom. The molecule has 2 aliphatic heterocycles. The zero-order valence-electron chi connectivity index (χ0n) is 15.4. The van der Waals surface area contributed by atoms with Crippen LogP contribution in [-0.2, 0) is 27.9 Å². The molecule has 0 aromatic carbocycles. The summed E-state index contributed by atoms with van der Waals surface area (Å²) in [5, 5.41) is 0. The summed E-state index contributed by atoms with van der Waals surface area (Å²) in [5.74, 6) is 1.69. The smallest absolute Gasteiger partial charge is 0.282 e. The minimum absolute atomic E-state index is 0.249. The van der Waals surface area contributed by atoms with Gasteiger partial charge in [-0.1, -0.05) is 0 Å². The highest BCUT2D eigenvalue weighted by atomic mass is 32.2. The number of methoxy groups -OCH3 is 1. The predicted octanol–water partition coefficient (Wildman–Crippen LogP) is 1.70. The van der Waals surface area contributed by atoms with Crippen molar-refractivity contribution in [1.82, 2.24) is 18.6 Å². The summed E-state index contributed by atoms with van der Waals surface area (Å²) < 4.78 is 40.2. The molecular formula is C18H24N4O4S. The molecule has 1 fully saturated rings. The van der Waals surface area contributed by atoms with Crippen LogP contribution >= 0.6 is 0 Å². The maximum Gasteiger partial charge on any atom is 0.282 e. The molecule has 2 aliphatic rings. The fraction of sp³-hybridized carbons (Fsp3) is 0.556. The van der Waals surface area contributed by atoms with E-state index in [0.717, 1.165) is 24.2 Å². The first-order chi connectivity index (χ1) is 13.1. The molecular weight excluding hydrogens is 368 g/mol. The van der Waals surface area contributed by atoms with E-state index in [0.29, 0.717) is 50.2 Å². The molecule has 0 bridgehead atoms. The van der Waals surface area contributed by atoms with Crippen molar-refractivity contribution in [3.63, 3.8) is 0 Å². The van der Waals surface area contributed by atoms with Gasteiger partial charge < -0.3 is 9.15 Å². The molecule has 146 valence electrons. The second kappa shape index (κ2) is 7.67. The lowest BCUT2D eigenvalue weighted by Gasteiger charge is -2.35. The fourth-order valence-electron chi connectivity index (χ4n) is 3.69. The van der Waals surface area contributed by atoms with Crippen molar-refractivity contribution >= 4 is 10.2 Å². The third kappa shape index (κ3) is 3.77. The molecule has 2 aromatic rings. The Morgan fingerprint density at radius 1 is 1.26 bits per heavy atom. The number of oxazole rings is 1. The van der Waals surface area contributed by atoms with Crippen LogP contribution in [0.2, 0.25) is 0 Å². The first-order valence-electron chi connectivity index (χ1n) is 9.21. The highest BCUT2D eigenvalue weighted by Gasteiger charge is 2.36. The Labute approximate surface area is 159 Å². The van der Waals surface area contributed by atoms with Crippen LogP contribution in [0.5, 0.6) is 0 Å². The van der Waals surface area contributed by atoms with E-state index in [4.69, 9.17) is 9.15 Å². The van der Waals surface area contributed by atoms with Crippen molar-refractivity contribution in [3.05, 3.63) is 36.0 Å². The molecule has 4 rings (SSSR count). The van der Waals surface area contributed by atoms with Crippen molar-refractivity contribution in [2.45, 2.75) is 25.8 Å². The van der Waals surface area contributed by atoms with Gasteiger partial charge in [-0.15, -0.1) is 0 Å². The minimum Gasteiger partial charge on any atom is -0.441 e. The predicted molar refractivity (Wildman–Crippen MR) is 98.9 cm³/mol. The lowest BCUT2D eigenvalue weighted by molar-refractivity contribution is 0.119. The largest absolute Gasteiger partial charge is 0.441 e. The van der Waals surface area contributed by atoms with Crippen molar-refractivity contribution in [2.75, 3.05) is 33.4 Å². The van der Waals surface area contributed by atoms with Gasteiger partial charge in [-0.2, -0.15) is 17.0 Å². The van der Waals surface area contributed by atoms with Crippen molar-refractivity contribution in [3.8, 4) is 11.5 Å². The molecule has 8 nitrogen and oxygen atoms in total. The third-order valence-electron chi connectivity index (χ3n) is 5.23. The summed E-state index contributed by atoms with van der Waals surface area (Å²) in [6.07, 6.45) is 5.58. The lowest BCUT2D eigenvalue weighted by atomic mass is 9.99. The Balaban J connectivity index is 1.47. The summed E-state index contributed by atoms with van der Waals surface area (Å²) in [6.45, 7) is 2.43. The van der Waals surface area contributed by atoms with E-state index >= 15 is 0 Å². The SMILES string of the molecule is COCC1CCN(S(=O)(=O)N2CCc3oc(-c4cccnc4)nc3C2)CC1. The summed E-state index contributed by atoms with van der Waals surface area (Å²) in [5.41, 5.74) is 1.49. The summed E-state index contributed by atoms with van der Waals surface area (Å²) >= 11 is 0. The summed E-state index contributed by atoms with van der Waals surface area (Å²) in [6, 6.07) is 3.70. The van der Waals surface area contributed by atoms with E-state index in [2.05, 4.69) is 9.97 Å². The Hall–Kier alpha value is -1.81. The second-order valence-corrected chi connectivity index (χ2v) is 8.95. The topological polar surface area (TPSA) is 88.8 Å². The van der Waals surface area contributed by atoms with Gasteiger partial charge in [0.15, 0.2) is 0 Å². The van der Waals surface area contributed by atoms with Gasteiger partial charge in [0.2, 0.25) is 5.89 Å². The number of aromatic nitrogens is 2. The molecule has 0 atom stereocenters. The van der Waals surface area contributed by atoms with Crippen LogP contribution in [0.25, 0.3) is 11.5 Å². The molecule has 0 spiro atoms. The number of hydrogen-bond acceptors (Lipinski definition) is 6. The van der Waals surface area contributed by atoms with Gasteiger partial charge in [0.05, 0.1) is 17.8 Å². The molecule has 4 heterocycles. The maximum absolute atomic E-state index is 13.0. The van der Waals surface area contributed by atoms with Crippen LogP contribution in [0.3, 0.4) is 0 Å². The van der Waals surface area contributed by atoms with Crippen LogP contribution in [0.1, 0.15) is 24.3 Å². The van der Waals surface area contributed by atoms with E-state index in [1.54, 1.807) is 23.8 Å². The van der Waals surface area contributed by atoms with E-state index < -0.39 is 10.2 Å². The average Bonchev–Trinajstić information content (AvgIpc) is 3.13. The van der Waals surface area contributed by atoms with Crippen LogP contribution in [0.15, 0.2) is 28.9 Å². The zero-order valence-corrected chi connectivity index (χ0v) is 16.2. The van der Waals surface area contributed by atoms with Crippen molar-refractivity contribution in [1.29, 1.82) is 0 Å². The quantitative estimate of drug-likeness (QED) is 0.769. The zero-order chi connectivity index (χ0) is 18.9. The first-order valence-corrected chi connectivity index (χ1v) is 10.6. The average molecular weight is 392 g/mol. The Morgan fingerprint density at radius 2 is 2.07 bits per heavy atom. The van der Waals surface area contributed by atoms with Gasteiger partial charge >= 0.3 is 0 Å². The van der Waals surface area contributed by atoms with Gasteiger partial charge in [0.25, 0.3) is 10.2 Å². The normalized spacial score (nSPS) is 19.9. The molecule has 9 heteroatoms. The molecule has 1 saturated heterocycles. The summed E-state index contributed by atoms with van der Waals surface area (Å²) in [4.78, 5) is 8.60. The van der Waals surface area contributed by atoms with Crippen LogP contribution in [0, 0.1) is 5.92 Å². The molecule has 0 amide bonds. The number of fused-ring (bicyclic) bond motifs is 1. The van der Waals surface area contributed by atoms with E-state index in [1.165, 1.54) is 4.31 Å².